The number of nitrogens with two attached hydrogens (primary N) is 1. The normalized spacial score (nSPS) is 12.7. The van der Waals surface area contributed by atoms with Crippen molar-refractivity contribution in [3.63, 3.8) is 0 Å². The van der Waals surface area contributed by atoms with Gasteiger partial charge in [-0.2, -0.15) is 0 Å². The van der Waals surface area contributed by atoms with Crippen LogP contribution in [0.3, 0.4) is 0 Å². The summed E-state index contributed by atoms with van der Waals surface area (Å²) in [5.41, 5.74) is 7.30. The average molecular weight is 193 g/mol. The van der Waals surface area contributed by atoms with Crippen molar-refractivity contribution in [1.82, 2.24) is 10.3 Å². The van der Waals surface area contributed by atoms with Crippen LogP contribution in [0.2, 0.25) is 0 Å². The number of nitrogens with one attached hydrogen (secondary N) is 1. The summed E-state index contributed by atoms with van der Waals surface area (Å²) in [7, 11) is 0. The van der Waals surface area contributed by atoms with E-state index in [1.165, 1.54) is 6.42 Å². The lowest BCUT2D eigenvalue weighted by molar-refractivity contribution is 0.497. The van der Waals surface area contributed by atoms with Gasteiger partial charge in [-0.3, -0.25) is 4.98 Å². The Hall–Kier alpha value is -1.09. The molecule has 0 saturated carbocycles. The van der Waals surface area contributed by atoms with E-state index in [1.807, 2.05) is 12.1 Å². The molecule has 0 aliphatic heterocycles. The van der Waals surface area contributed by atoms with E-state index in [9.17, 15) is 0 Å². The van der Waals surface area contributed by atoms with E-state index in [0.717, 1.165) is 30.4 Å². The molecule has 1 aromatic heterocycles. The number of hydrogen-bond donors (Lipinski definition) is 2. The maximum absolute atomic E-state index is 5.54. The van der Waals surface area contributed by atoms with E-state index in [1.54, 1.807) is 6.20 Å². The van der Waals surface area contributed by atoms with Crippen LogP contribution in [0.4, 0.5) is 5.69 Å². The minimum atomic E-state index is 0.718. The number of nitrogens with zero attached hydrogens (tertiary/aromatic N) is 1. The maximum atomic E-state index is 5.54. The van der Waals surface area contributed by atoms with Crippen molar-refractivity contribution in [3.05, 3.63) is 24.0 Å². The molecule has 0 spiro atoms. The van der Waals surface area contributed by atoms with Gasteiger partial charge in [0.15, 0.2) is 0 Å². The molecule has 14 heavy (non-hydrogen) atoms. The van der Waals surface area contributed by atoms with Gasteiger partial charge in [0, 0.05) is 6.54 Å². The summed E-state index contributed by atoms with van der Waals surface area (Å²) in [5, 5.41) is 3.37. The summed E-state index contributed by atoms with van der Waals surface area (Å²) >= 11 is 0. The Morgan fingerprint density at radius 2 is 2.29 bits per heavy atom. The molecule has 0 bridgehead atoms. The Morgan fingerprint density at radius 1 is 1.50 bits per heavy atom. The van der Waals surface area contributed by atoms with Gasteiger partial charge in [-0.1, -0.05) is 20.3 Å². The van der Waals surface area contributed by atoms with Gasteiger partial charge in [0.25, 0.3) is 0 Å². The highest BCUT2D eigenvalue weighted by atomic mass is 14.9. The van der Waals surface area contributed by atoms with E-state index in [2.05, 4.69) is 24.1 Å². The molecule has 78 valence electrons. The third-order valence-corrected chi connectivity index (χ3v) is 2.34. The molecule has 0 saturated heterocycles. The van der Waals surface area contributed by atoms with Gasteiger partial charge in [-0.25, -0.2) is 0 Å². The molecule has 0 aliphatic rings. The maximum Gasteiger partial charge on any atom is 0.0543 e. The average Bonchev–Trinajstić information content (AvgIpc) is 2.21. The van der Waals surface area contributed by atoms with Crippen LogP contribution in [0.15, 0.2) is 18.3 Å². The Bertz CT molecular complexity index is 256. The number of hydrogen-bond acceptors (Lipinski definition) is 3. The standard InChI is InChI=1S/C11H19N3/c1-3-9(2)6-13-8-11-5-4-10(12)7-14-11/h4-5,7,9,13H,3,6,8,12H2,1-2H3. The second kappa shape index (κ2) is 5.60. The number of aromatic nitrogens is 1. The zero-order chi connectivity index (χ0) is 10.4. The van der Waals surface area contributed by atoms with Crippen molar-refractivity contribution < 1.29 is 0 Å². The Labute approximate surface area is 85.7 Å². The lowest BCUT2D eigenvalue weighted by Crippen LogP contribution is -2.20. The molecule has 1 aromatic rings. The summed E-state index contributed by atoms with van der Waals surface area (Å²) in [5.74, 6) is 0.726. The van der Waals surface area contributed by atoms with Gasteiger partial charge in [-0.15, -0.1) is 0 Å². The Balaban J connectivity index is 2.28. The molecule has 0 aromatic carbocycles. The van der Waals surface area contributed by atoms with E-state index >= 15 is 0 Å². The summed E-state index contributed by atoms with van der Waals surface area (Å²) < 4.78 is 0. The third kappa shape index (κ3) is 3.75. The molecule has 0 amide bonds. The van der Waals surface area contributed by atoms with Gasteiger partial charge < -0.3 is 11.1 Å². The number of rotatable bonds is 5. The smallest absolute Gasteiger partial charge is 0.0543 e. The first kappa shape index (κ1) is 11.0. The van der Waals surface area contributed by atoms with Crippen molar-refractivity contribution in [2.75, 3.05) is 12.3 Å². The lowest BCUT2D eigenvalue weighted by atomic mass is 10.1. The fourth-order valence-electron chi connectivity index (χ4n) is 1.13. The lowest BCUT2D eigenvalue weighted by Gasteiger charge is -2.09. The molecular formula is C11H19N3. The van der Waals surface area contributed by atoms with Gasteiger partial charge >= 0.3 is 0 Å². The third-order valence-electron chi connectivity index (χ3n) is 2.34. The van der Waals surface area contributed by atoms with Crippen LogP contribution in [0.25, 0.3) is 0 Å². The highest BCUT2D eigenvalue weighted by Crippen LogP contribution is 2.02. The number of nitrogen functional groups attached to an aromatic ring is 1. The second-order valence-corrected chi connectivity index (χ2v) is 3.73. The molecule has 1 heterocycles. The Morgan fingerprint density at radius 3 is 2.86 bits per heavy atom. The monoisotopic (exact) mass is 193 g/mol. The summed E-state index contributed by atoms with van der Waals surface area (Å²) in [6, 6.07) is 3.84. The van der Waals surface area contributed by atoms with Crippen LogP contribution in [0.5, 0.6) is 0 Å². The van der Waals surface area contributed by atoms with E-state index < -0.39 is 0 Å². The molecule has 1 unspecified atom stereocenters. The molecule has 0 fully saturated rings. The largest absolute Gasteiger partial charge is 0.397 e. The summed E-state index contributed by atoms with van der Waals surface area (Å²) in [6.07, 6.45) is 2.91. The first-order valence-electron chi connectivity index (χ1n) is 5.13. The van der Waals surface area contributed by atoms with E-state index in [-0.39, 0.29) is 0 Å². The molecule has 3 nitrogen and oxygen atoms in total. The van der Waals surface area contributed by atoms with Crippen LogP contribution >= 0.6 is 0 Å². The highest BCUT2D eigenvalue weighted by Gasteiger charge is 1.98. The minimum absolute atomic E-state index is 0.718. The molecule has 1 atom stereocenters. The quantitative estimate of drug-likeness (QED) is 0.749. The van der Waals surface area contributed by atoms with Crippen molar-refractivity contribution in [1.29, 1.82) is 0 Å². The van der Waals surface area contributed by atoms with Crippen molar-refractivity contribution in [2.24, 2.45) is 5.92 Å². The van der Waals surface area contributed by atoms with Crippen LogP contribution < -0.4 is 11.1 Å². The van der Waals surface area contributed by atoms with Crippen molar-refractivity contribution in [2.45, 2.75) is 26.8 Å². The summed E-state index contributed by atoms with van der Waals surface area (Å²) in [6.45, 7) is 6.31. The van der Waals surface area contributed by atoms with Crippen molar-refractivity contribution >= 4 is 5.69 Å². The first-order chi connectivity index (χ1) is 6.72. The van der Waals surface area contributed by atoms with Crippen LogP contribution in [0, 0.1) is 5.92 Å². The van der Waals surface area contributed by atoms with Gasteiger partial charge in [0.1, 0.15) is 0 Å². The van der Waals surface area contributed by atoms with Crippen LogP contribution in [-0.4, -0.2) is 11.5 Å². The highest BCUT2D eigenvalue weighted by molar-refractivity contribution is 5.34. The van der Waals surface area contributed by atoms with Crippen LogP contribution in [0.1, 0.15) is 26.0 Å². The van der Waals surface area contributed by atoms with Gasteiger partial charge in [0.2, 0.25) is 0 Å². The fraction of sp³-hybridized carbons (Fsp3) is 0.545. The molecular weight excluding hydrogens is 174 g/mol. The Kier molecular flexibility index (Phi) is 4.40. The van der Waals surface area contributed by atoms with Gasteiger partial charge in [-0.05, 0) is 24.6 Å². The summed E-state index contributed by atoms with van der Waals surface area (Å²) in [4.78, 5) is 4.21. The first-order valence-corrected chi connectivity index (χ1v) is 5.13. The number of anilines is 1. The molecule has 0 aliphatic carbocycles. The predicted octanol–water partition coefficient (Wildman–Crippen LogP) is 1.80. The van der Waals surface area contributed by atoms with Gasteiger partial charge in [0.05, 0.1) is 17.6 Å². The van der Waals surface area contributed by atoms with E-state index in [4.69, 9.17) is 5.73 Å². The van der Waals surface area contributed by atoms with E-state index in [0.29, 0.717) is 0 Å². The zero-order valence-corrected chi connectivity index (χ0v) is 8.96. The second-order valence-electron chi connectivity index (χ2n) is 3.73. The topological polar surface area (TPSA) is 50.9 Å². The zero-order valence-electron chi connectivity index (χ0n) is 8.96. The molecule has 3 N–H and O–H groups in total. The van der Waals surface area contributed by atoms with Crippen molar-refractivity contribution in [3.8, 4) is 0 Å². The molecule has 3 heteroatoms. The van der Waals surface area contributed by atoms with Crippen LogP contribution in [-0.2, 0) is 6.54 Å². The minimum Gasteiger partial charge on any atom is -0.397 e. The fourth-order valence-corrected chi connectivity index (χ4v) is 1.13. The molecule has 1 rings (SSSR count). The number of pyridine rings is 1. The predicted molar refractivity (Wildman–Crippen MR) is 59.8 cm³/mol. The SMILES string of the molecule is CCC(C)CNCc1ccc(N)cn1. The molecule has 0 radical (unpaired) electrons.